The van der Waals surface area contributed by atoms with E-state index in [-0.39, 0.29) is 28.1 Å². The molecule has 1 aliphatic heterocycles. The van der Waals surface area contributed by atoms with Crippen LogP contribution in [-0.4, -0.2) is 52.6 Å². The number of aromatic nitrogens is 2. The molecule has 1 aliphatic rings. The Labute approximate surface area is 211 Å². The number of carbonyl (C=O) groups is 2. The Morgan fingerprint density at radius 1 is 1.25 bits per heavy atom. The van der Waals surface area contributed by atoms with Crippen LogP contribution < -0.4 is 15.1 Å². The number of hydrogen-bond acceptors (Lipinski definition) is 7. The summed E-state index contributed by atoms with van der Waals surface area (Å²) in [5.41, 5.74) is -2.33. The SMILES string of the molecule is O=C(O)C1CCNCCN1c1ncc(C(=O)N(c2nccs2)c2cccc(C(F)(F)F)c2F)cc1Cl. The highest BCUT2D eigenvalue weighted by molar-refractivity contribution is 7.14. The van der Waals surface area contributed by atoms with E-state index in [1.165, 1.54) is 22.5 Å². The quantitative estimate of drug-likeness (QED) is 0.454. The molecule has 1 saturated heterocycles. The molecule has 0 spiro atoms. The first-order valence-electron chi connectivity index (χ1n) is 10.5. The van der Waals surface area contributed by atoms with Gasteiger partial charge in [0.05, 0.1) is 21.8 Å². The van der Waals surface area contributed by atoms with Gasteiger partial charge >= 0.3 is 12.1 Å². The number of nitrogens with zero attached hydrogens (tertiary/aromatic N) is 4. The molecule has 190 valence electrons. The summed E-state index contributed by atoms with van der Waals surface area (Å²) in [6.45, 7) is 1.25. The summed E-state index contributed by atoms with van der Waals surface area (Å²) in [6.07, 6.45) is -2.25. The number of hydrogen-bond donors (Lipinski definition) is 2. The first kappa shape index (κ1) is 25.8. The number of thiazole rings is 1. The maximum atomic E-state index is 15.0. The zero-order chi connectivity index (χ0) is 26.0. The predicted octanol–water partition coefficient (Wildman–Crippen LogP) is 4.58. The molecule has 1 atom stereocenters. The van der Waals surface area contributed by atoms with E-state index in [0.29, 0.717) is 25.6 Å². The number of carboxylic acids is 1. The Kier molecular flexibility index (Phi) is 7.43. The Bertz CT molecular complexity index is 1280. The molecule has 0 radical (unpaired) electrons. The van der Waals surface area contributed by atoms with E-state index >= 15 is 0 Å². The summed E-state index contributed by atoms with van der Waals surface area (Å²) < 4.78 is 54.9. The number of rotatable bonds is 5. The molecule has 1 fully saturated rings. The predicted molar refractivity (Wildman–Crippen MR) is 125 cm³/mol. The highest BCUT2D eigenvalue weighted by Crippen LogP contribution is 2.38. The third kappa shape index (κ3) is 5.13. The van der Waals surface area contributed by atoms with Gasteiger partial charge in [0, 0.05) is 30.9 Å². The van der Waals surface area contributed by atoms with E-state index < -0.39 is 41.2 Å². The van der Waals surface area contributed by atoms with E-state index in [1.807, 2.05) is 0 Å². The molecule has 3 heterocycles. The average Bonchev–Trinajstić information content (AvgIpc) is 3.23. The monoisotopic (exact) mass is 543 g/mol. The Balaban J connectivity index is 1.75. The van der Waals surface area contributed by atoms with E-state index in [0.717, 1.165) is 34.6 Å². The molecule has 1 aromatic carbocycles. The van der Waals surface area contributed by atoms with Gasteiger partial charge in [0.1, 0.15) is 11.9 Å². The topological polar surface area (TPSA) is 98.7 Å². The van der Waals surface area contributed by atoms with Crippen LogP contribution in [0.25, 0.3) is 0 Å². The second-order valence-corrected chi connectivity index (χ2v) is 8.99. The van der Waals surface area contributed by atoms with Crippen molar-refractivity contribution >= 4 is 51.5 Å². The van der Waals surface area contributed by atoms with Gasteiger partial charge in [-0.15, -0.1) is 11.3 Å². The van der Waals surface area contributed by atoms with Crippen LogP contribution in [0.1, 0.15) is 22.3 Å². The summed E-state index contributed by atoms with van der Waals surface area (Å²) in [5.74, 6) is -3.48. The molecule has 4 rings (SSSR count). The molecule has 2 N–H and O–H groups in total. The third-order valence-electron chi connectivity index (χ3n) is 5.46. The smallest absolute Gasteiger partial charge is 0.419 e. The summed E-state index contributed by atoms with van der Waals surface area (Å²) in [5, 5.41) is 14.1. The minimum atomic E-state index is -4.98. The highest BCUT2D eigenvalue weighted by Gasteiger charge is 2.37. The fraction of sp³-hybridized carbons (Fsp3) is 0.273. The summed E-state index contributed by atoms with van der Waals surface area (Å²) in [4.78, 5) is 35.6. The summed E-state index contributed by atoms with van der Waals surface area (Å²) in [7, 11) is 0. The normalized spacial score (nSPS) is 16.5. The van der Waals surface area contributed by atoms with E-state index in [1.54, 1.807) is 0 Å². The second-order valence-electron chi connectivity index (χ2n) is 7.71. The van der Waals surface area contributed by atoms with Gasteiger partial charge in [0.25, 0.3) is 5.91 Å². The minimum Gasteiger partial charge on any atom is -0.480 e. The lowest BCUT2D eigenvalue weighted by atomic mass is 10.1. The van der Waals surface area contributed by atoms with Crippen molar-refractivity contribution in [2.45, 2.75) is 18.6 Å². The van der Waals surface area contributed by atoms with Crippen LogP contribution in [0.3, 0.4) is 0 Å². The number of nitrogens with one attached hydrogen (secondary N) is 1. The molecule has 0 aliphatic carbocycles. The van der Waals surface area contributed by atoms with Crippen LogP contribution in [0.15, 0.2) is 42.0 Å². The standard InChI is InChI=1S/C22H18ClF4N5O3S/c23-14-10-12(11-30-18(14)31-8-6-28-5-4-16(31)20(34)35)19(33)32(21-29-7-9-36-21)15-3-1-2-13(17(15)24)22(25,26)27/h1-3,7,9-11,16,28H,4-6,8H2,(H,34,35). The fourth-order valence-corrected chi connectivity index (χ4v) is 4.74. The van der Waals surface area contributed by atoms with Gasteiger partial charge in [-0.2, -0.15) is 13.2 Å². The van der Waals surface area contributed by atoms with Crippen molar-refractivity contribution in [1.29, 1.82) is 0 Å². The number of pyridine rings is 1. The van der Waals surface area contributed by atoms with Gasteiger partial charge in [0.15, 0.2) is 10.9 Å². The van der Waals surface area contributed by atoms with E-state index in [2.05, 4.69) is 15.3 Å². The van der Waals surface area contributed by atoms with Gasteiger partial charge < -0.3 is 15.3 Å². The van der Waals surface area contributed by atoms with Gasteiger partial charge in [-0.25, -0.2) is 24.1 Å². The molecular weight excluding hydrogens is 526 g/mol. The number of aliphatic carboxylic acids is 1. The Hall–Kier alpha value is -3.29. The van der Waals surface area contributed by atoms with E-state index in [9.17, 15) is 32.3 Å². The lowest BCUT2D eigenvalue weighted by molar-refractivity contribution is -0.140. The van der Waals surface area contributed by atoms with Crippen molar-refractivity contribution in [3.63, 3.8) is 0 Å². The van der Waals surface area contributed by atoms with Crippen LogP contribution in [0.2, 0.25) is 5.02 Å². The van der Waals surface area contributed by atoms with E-state index in [4.69, 9.17) is 11.6 Å². The highest BCUT2D eigenvalue weighted by atomic mass is 35.5. The maximum Gasteiger partial charge on any atom is 0.419 e. The molecule has 36 heavy (non-hydrogen) atoms. The van der Waals surface area contributed by atoms with Crippen LogP contribution in [0, 0.1) is 5.82 Å². The molecule has 2 aromatic heterocycles. The largest absolute Gasteiger partial charge is 0.480 e. The van der Waals surface area contributed by atoms with Crippen molar-refractivity contribution in [2.75, 3.05) is 29.4 Å². The van der Waals surface area contributed by atoms with Crippen molar-refractivity contribution < 1.29 is 32.3 Å². The van der Waals surface area contributed by atoms with Gasteiger partial charge in [0.2, 0.25) is 0 Å². The van der Waals surface area contributed by atoms with Crippen molar-refractivity contribution in [3.05, 3.63) is 64.0 Å². The first-order valence-corrected chi connectivity index (χ1v) is 11.8. The Morgan fingerprint density at radius 3 is 2.67 bits per heavy atom. The minimum absolute atomic E-state index is 0.0439. The molecule has 14 heteroatoms. The van der Waals surface area contributed by atoms with Crippen molar-refractivity contribution in [1.82, 2.24) is 15.3 Å². The summed E-state index contributed by atoms with van der Waals surface area (Å²) in [6, 6.07) is 2.91. The number of benzene rings is 1. The maximum absolute atomic E-state index is 15.0. The fourth-order valence-electron chi connectivity index (χ4n) is 3.81. The van der Waals surface area contributed by atoms with Gasteiger partial charge in [-0.05, 0) is 31.2 Å². The average molecular weight is 544 g/mol. The number of alkyl halides is 3. The zero-order valence-electron chi connectivity index (χ0n) is 18.3. The number of halogens is 5. The lowest BCUT2D eigenvalue weighted by Crippen LogP contribution is -2.42. The van der Waals surface area contributed by atoms with Crippen LogP contribution >= 0.6 is 22.9 Å². The molecule has 8 nitrogen and oxygen atoms in total. The Morgan fingerprint density at radius 2 is 2.03 bits per heavy atom. The van der Waals surface area contributed by atoms with Crippen LogP contribution in [0.4, 0.5) is 34.2 Å². The number of anilines is 3. The van der Waals surface area contributed by atoms with Crippen LogP contribution in [-0.2, 0) is 11.0 Å². The molecule has 0 saturated carbocycles. The number of carboxylic acid groups (broad SMARTS) is 1. The molecular formula is C22H18ClF4N5O3S. The molecule has 3 aromatic rings. The van der Waals surface area contributed by atoms with Crippen molar-refractivity contribution in [2.24, 2.45) is 0 Å². The third-order valence-corrected chi connectivity index (χ3v) is 6.50. The zero-order valence-corrected chi connectivity index (χ0v) is 19.9. The first-order chi connectivity index (χ1) is 17.1. The van der Waals surface area contributed by atoms with Crippen LogP contribution in [0.5, 0.6) is 0 Å². The molecule has 0 bridgehead atoms. The number of carbonyl (C=O) groups excluding carboxylic acids is 1. The van der Waals surface area contributed by atoms with Gasteiger partial charge in [-0.3, -0.25) is 4.79 Å². The molecule has 1 unspecified atom stereocenters. The van der Waals surface area contributed by atoms with Crippen molar-refractivity contribution in [3.8, 4) is 0 Å². The molecule has 1 amide bonds. The lowest BCUT2D eigenvalue weighted by Gasteiger charge is -2.28. The van der Waals surface area contributed by atoms with Gasteiger partial charge in [-0.1, -0.05) is 17.7 Å². The summed E-state index contributed by atoms with van der Waals surface area (Å²) >= 11 is 7.32. The second kappa shape index (κ2) is 10.4. The number of amides is 1.